The van der Waals surface area contributed by atoms with E-state index in [9.17, 15) is 4.79 Å². The van der Waals surface area contributed by atoms with Gasteiger partial charge in [0, 0.05) is 6.93 Å². The number of hydrogen-bond acceptors (Lipinski definition) is 2. The summed E-state index contributed by atoms with van der Waals surface area (Å²) < 4.78 is 5.75. The van der Waals surface area contributed by atoms with Crippen molar-refractivity contribution in [2.24, 2.45) is 0 Å². The molecule has 12 heavy (non-hydrogen) atoms. The maximum atomic E-state index is 11.0. The van der Waals surface area contributed by atoms with Crippen LogP contribution in [0.25, 0.3) is 0 Å². The molecule has 0 atom stereocenters. The van der Waals surface area contributed by atoms with Gasteiger partial charge in [-0.1, -0.05) is 37.7 Å². The van der Waals surface area contributed by atoms with E-state index in [1.54, 1.807) is 24.3 Å². The fourth-order valence-corrected chi connectivity index (χ4v) is 0.798. The summed E-state index contributed by atoms with van der Waals surface area (Å²) in [6, 6.07) is 10.6. The molecule has 2 heteroatoms. The van der Waals surface area contributed by atoms with Crippen LogP contribution in [-0.2, 0) is 0 Å². The van der Waals surface area contributed by atoms with Crippen LogP contribution in [0.15, 0.2) is 30.3 Å². The first-order chi connectivity index (χ1) is 6.34. The Labute approximate surface area is 73.9 Å². The van der Waals surface area contributed by atoms with E-state index in [0.717, 1.165) is 0 Å². The summed E-state index contributed by atoms with van der Waals surface area (Å²) >= 11 is 0. The van der Waals surface area contributed by atoms with E-state index in [1.165, 1.54) is 7.40 Å². The summed E-state index contributed by atoms with van der Waals surface area (Å²) in [5.41, 5.74) is 0.606. The summed E-state index contributed by atoms with van der Waals surface area (Å²) in [4.78, 5) is 11.0. The lowest BCUT2D eigenvalue weighted by Gasteiger charge is -1.92. The Bertz CT molecular complexity index is 290. The second-order valence-electron chi connectivity index (χ2n) is 2.12. The van der Waals surface area contributed by atoms with Crippen LogP contribution in [0.1, 0.15) is 25.6 Å². The van der Waals surface area contributed by atoms with E-state index in [2.05, 4.69) is 0 Å². The predicted molar refractivity (Wildman–Crippen MR) is 47.7 cm³/mol. The number of benzene rings is 1. The van der Waals surface area contributed by atoms with Crippen LogP contribution < -0.4 is 0 Å². The number of ketones is 1. The van der Waals surface area contributed by atoms with Crippen LogP contribution >= 0.6 is 0 Å². The molecule has 0 radical (unpaired) electrons. The molecule has 0 bridgehead atoms. The van der Waals surface area contributed by atoms with Crippen molar-refractivity contribution >= 4 is 5.78 Å². The van der Waals surface area contributed by atoms with Gasteiger partial charge in [0.15, 0.2) is 5.78 Å². The third-order valence-electron chi connectivity index (χ3n) is 1.34. The summed E-state index contributed by atoms with van der Waals surface area (Å²) in [5, 5.41) is 8.23. The molecule has 0 amide bonds. The molecule has 0 spiro atoms. The summed E-state index contributed by atoms with van der Waals surface area (Å²) in [5.74, 6) is -0.117. The molecule has 0 aliphatic carbocycles. The zero-order valence-corrected chi connectivity index (χ0v) is 6.95. The minimum Gasteiger partial charge on any atom is -0.293 e. The fraction of sp³-hybridized carbons (Fsp3) is 0.200. The van der Waals surface area contributed by atoms with Gasteiger partial charge < -0.3 is 0 Å². The third kappa shape index (κ3) is 2.55. The van der Waals surface area contributed by atoms with Gasteiger partial charge in [-0.25, -0.2) is 0 Å². The van der Waals surface area contributed by atoms with Crippen molar-refractivity contribution in [1.29, 1.82) is 5.26 Å². The van der Waals surface area contributed by atoms with Gasteiger partial charge in [0.25, 0.3) is 0 Å². The molecular formula is C10H11NO. The van der Waals surface area contributed by atoms with Gasteiger partial charge >= 0.3 is 0 Å². The molecule has 2 nitrogen and oxygen atoms in total. The maximum Gasteiger partial charge on any atom is 0.176 e. The highest BCUT2D eigenvalue weighted by Gasteiger charge is 2.01. The van der Waals surface area contributed by atoms with Crippen LogP contribution in [0.5, 0.6) is 0 Å². The van der Waals surface area contributed by atoms with Gasteiger partial charge in [-0.05, 0) is 0 Å². The second kappa shape index (κ2) is 5.09. The quantitative estimate of drug-likeness (QED) is 0.628. The lowest BCUT2D eigenvalue weighted by Crippen LogP contribution is -1.95. The fourth-order valence-electron chi connectivity index (χ4n) is 0.798. The number of carbonyl (C=O) groups is 1. The number of hydrogen-bond donors (Lipinski definition) is 0. The number of nitrogens with zero attached hydrogens (tertiary/aromatic N) is 1. The largest absolute Gasteiger partial charge is 0.293 e. The Morgan fingerprint density at radius 2 is 2.08 bits per heavy atom. The predicted octanol–water partition coefficient (Wildman–Crippen LogP) is 2.42. The molecule has 0 N–H and O–H groups in total. The van der Waals surface area contributed by atoms with Gasteiger partial charge in [-0.3, -0.25) is 4.79 Å². The summed E-state index contributed by atoms with van der Waals surface area (Å²) in [6.07, 6.45) is -0.0377. The Kier molecular flexibility index (Phi) is 3.59. The molecule has 0 aliphatic heterocycles. The number of nitriles is 1. The van der Waals surface area contributed by atoms with Gasteiger partial charge in [0.1, 0.15) is 0 Å². The highest BCUT2D eigenvalue weighted by atomic mass is 16.1. The average molecular weight is 163 g/mol. The molecule has 1 rings (SSSR count). The first-order valence-electron chi connectivity index (χ1n) is 4.30. The highest BCUT2D eigenvalue weighted by Crippen LogP contribution is 2.01. The van der Waals surface area contributed by atoms with Crippen molar-refractivity contribution in [3.05, 3.63) is 35.9 Å². The summed E-state index contributed by atoms with van der Waals surface area (Å²) in [6.45, 7) is 0. The van der Waals surface area contributed by atoms with Crippen LogP contribution in [0.4, 0.5) is 0 Å². The standard InChI is InChI=1S/C9H7NO.CH4/c10-7-6-9(11)8-4-2-1-3-5-8;/h1-5H,6H2;1H4/i;1T. The molecular weight excluding hydrogens is 150 g/mol. The lowest BCUT2D eigenvalue weighted by molar-refractivity contribution is 0.0998. The van der Waals surface area contributed by atoms with Crippen molar-refractivity contribution in [1.82, 2.24) is 0 Å². The van der Waals surface area contributed by atoms with Crippen molar-refractivity contribution in [2.45, 2.75) is 13.8 Å². The second-order valence-corrected chi connectivity index (χ2v) is 2.12. The molecule has 0 aliphatic rings. The molecule has 1 aromatic rings. The zero-order valence-electron chi connectivity index (χ0n) is 7.95. The Balaban J connectivity index is 0.000000671. The van der Waals surface area contributed by atoms with Crippen LogP contribution in [-0.4, -0.2) is 5.78 Å². The molecule has 0 unspecified atom stereocenters. The molecule has 62 valence electrons. The van der Waals surface area contributed by atoms with Crippen LogP contribution in [0, 0.1) is 11.3 Å². The van der Waals surface area contributed by atoms with Gasteiger partial charge in [0.05, 0.1) is 12.5 Å². The summed E-state index contributed by atoms with van der Waals surface area (Å²) in [7, 11) is 1.25. The van der Waals surface area contributed by atoms with Gasteiger partial charge in [-0.15, -0.1) is 0 Å². The number of Topliss-reactive ketones (excluding diaryl/α,β-unsaturated/α-hetero) is 1. The minimum atomic E-state index is -0.117. The molecule has 1 aromatic carbocycles. The van der Waals surface area contributed by atoms with Crippen molar-refractivity contribution < 1.29 is 6.17 Å². The Morgan fingerprint density at radius 3 is 2.58 bits per heavy atom. The number of carbonyl (C=O) groups excluding carboxylic acids is 1. The van der Waals surface area contributed by atoms with Crippen molar-refractivity contribution in [3.63, 3.8) is 0 Å². The zero-order chi connectivity index (χ0) is 10.1. The van der Waals surface area contributed by atoms with E-state index in [1.807, 2.05) is 12.1 Å². The van der Waals surface area contributed by atoms with Crippen molar-refractivity contribution in [2.75, 3.05) is 0 Å². The van der Waals surface area contributed by atoms with Crippen LogP contribution in [0.3, 0.4) is 0 Å². The van der Waals surface area contributed by atoms with Gasteiger partial charge in [0.2, 0.25) is 0 Å². The topological polar surface area (TPSA) is 40.9 Å². The minimum absolute atomic E-state index is 0.0377. The smallest absolute Gasteiger partial charge is 0.176 e. The first kappa shape index (κ1) is 8.48. The molecule has 0 fully saturated rings. The lowest BCUT2D eigenvalue weighted by atomic mass is 10.1. The van der Waals surface area contributed by atoms with E-state index >= 15 is 0 Å². The highest BCUT2D eigenvalue weighted by molar-refractivity contribution is 5.97. The molecule has 0 heterocycles. The monoisotopic (exact) mass is 163 g/mol. The van der Waals surface area contributed by atoms with E-state index in [-0.39, 0.29) is 12.2 Å². The van der Waals surface area contributed by atoms with Crippen molar-refractivity contribution in [3.8, 4) is 6.07 Å². The third-order valence-corrected chi connectivity index (χ3v) is 1.34. The van der Waals surface area contributed by atoms with E-state index < -0.39 is 0 Å². The Morgan fingerprint density at radius 1 is 1.50 bits per heavy atom. The normalized spacial score (nSPS) is 8.50. The first-order valence-corrected chi connectivity index (χ1v) is 3.30. The Hall–Kier alpha value is -1.62. The average Bonchev–Trinajstić information content (AvgIpc) is 2.23. The number of rotatable bonds is 2. The molecule has 0 saturated carbocycles. The van der Waals surface area contributed by atoms with E-state index in [4.69, 9.17) is 6.63 Å². The van der Waals surface area contributed by atoms with E-state index in [0.29, 0.717) is 5.56 Å². The SMILES string of the molecule is N#CCC(=O)c1ccccc1.[3H]C. The maximum absolute atomic E-state index is 11.0. The molecule has 0 aromatic heterocycles. The van der Waals surface area contributed by atoms with Crippen LogP contribution in [0.2, 0.25) is 0 Å². The van der Waals surface area contributed by atoms with Gasteiger partial charge in [-0.2, -0.15) is 5.26 Å². The molecule has 0 saturated heterocycles.